The van der Waals surface area contributed by atoms with Crippen LogP contribution in [0.3, 0.4) is 0 Å². The van der Waals surface area contributed by atoms with E-state index in [0.717, 1.165) is 4.90 Å². The Bertz CT molecular complexity index is 699. The smallest absolute Gasteiger partial charge is 0.266 e. The van der Waals surface area contributed by atoms with Gasteiger partial charge in [0.25, 0.3) is 11.8 Å². The van der Waals surface area contributed by atoms with E-state index in [1.165, 1.54) is 0 Å². The lowest BCUT2D eigenvalue weighted by Gasteiger charge is -2.16. The first kappa shape index (κ1) is 12.6. The van der Waals surface area contributed by atoms with E-state index < -0.39 is 0 Å². The van der Waals surface area contributed by atoms with Crippen LogP contribution in [0.2, 0.25) is 5.02 Å². The molecule has 0 aliphatic carbocycles. The van der Waals surface area contributed by atoms with Crippen LogP contribution < -0.4 is 0 Å². The van der Waals surface area contributed by atoms with Gasteiger partial charge in [0.05, 0.1) is 16.8 Å². The molecule has 3 nitrogen and oxygen atoms in total. The summed E-state index contributed by atoms with van der Waals surface area (Å²) in [6.07, 6.45) is 0. The molecule has 1 aliphatic heterocycles. The van der Waals surface area contributed by atoms with Crippen LogP contribution in [0.5, 0.6) is 0 Å². The highest BCUT2D eigenvalue weighted by Gasteiger charge is 2.37. The van der Waals surface area contributed by atoms with E-state index in [1.807, 2.05) is 0 Å². The molecule has 2 amide bonds. The zero-order valence-electron chi connectivity index (χ0n) is 10.5. The molecule has 20 heavy (non-hydrogen) atoms. The number of carbonyl (C=O) groups is 2. The van der Waals surface area contributed by atoms with Crippen molar-refractivity contribution in [1.82, 2.24) is 4.90 Å². The second kappa shape index (κ2) is 4.62. The second-order valence-electron chi connectivity index (χ2n) is 4.44. The van der Waals surface area contributed by atoms with Crippen molar-refractivity contribution < 1.29 is 9.59 Å². The average Bonchev–Trinajstić information content (AvgIpc) is 2.72. The van der Waals surface area contributed by atoms with E-state index in [9.17, 15) is 9.59 Å². The van der Waals surface area contributed by atoms with E-state index in [-0.39, 0.29) is 11.8 Å². The predicted molar refractivity (Wildman–Crippen MR) is 77.4 cm³/mol. The molecule has 2 aromatic rings. The molecule has 0 N–H and O–H groups in total. The minimum atomic E-state index is -0.342. The fourth-order valence-electron chi connectivity index (χ4n) is 2.21. The van der Waals surface area contributed by atoms with E-state index in [2.05, 4.69) is 6.58 Å². The van der Waals surface area contributed by atoms with Gasteiger partial charge >= 0.3 is 0 Å². The molecule has 4 heteroatoms. The molecule has 0 aromatic heterocycles. The van der Waals surface area contributed by atoms with Gasteiger partial charge in [0.2, 0.25) is 0 Å². The van der Waals surface area contributed by atoms with Gasteiger partial charge < -0.3 is 0 Å². The summed E-state index contributed by atoms with van der Waals surface area (Å²) in [5.41, 5.74) is 1.86. The summed E-state index contributed by atoms with van der Waals surface area (Å²) in [6, 6.07) is 13.6. The zero-order valence-corrected chi connectivity index (χ0v) is 11.2. The minimum absolute atomic E-state index is 0.342. The first-order chi connectivity index (χ1) is 9.59. The van der Waals surface area contributed by atoms with Crippen molar-refractivity contribution in [3.05, 3.63) is 76.8 Å². The van der Waals surface area contributed by atoms with Gasteiger partial charge in [-0.1, -0.05) is 42.4 Å². The van der Waals surface area contributed by atoms with Crippen LogP contribution in [0.4, 0.5) is 0 Å². The van der Waals surface area contributed by atoms with Crippen molar-refractivity contribution in [3.63, 3.8) is 0 Å². The predicted octanol–water partition coefficient (Wildman–Crippen LogP) is 3.61. The number of carbonyl (C=O) groups excluding carboxylic acids is 2. The SMILES string of the molecule is C=C(c1ccc(Cl)cc1)N1C(=O)c2ccccc2C1=O. The van der Waals surface area contributed by atoms with Crippen molar-refractivity contribution in [1.29, 1.82) is 0 Å². The number of benzene rings is 2. The number of amides is 2. The largest absolute Gasteiger partial charge is 0.268 e. The maximum absolute atomic E-state index is 12.3. The van der Waals surface area contributed by atoms with Crippen molar-refractivity contribution >= 4 is 29.1 Å². The average molecular weight is 284 g/mol. The summed E-state index contributed by atoms with van der Waals surface area (Å²) in [4.78, 5) is 25.7. The van der Waals surface area contributed by atoms with Crippen molar-refractivity contribution in [2.24, 2.45) is 0 Å². The number of halogens is 1. The van der Waals surface area contributed by atoms with Gasteiger partial charge in [0, 0.05) is 5.02 Å². The van der Waals surface area contributed by atoms with Gasteiger partial charge in [-0.15, -0.1) is 0 Å². The first-order valence-electron chi connectivity index (χ1n) is 6.02. The molecule has 2 aromatic carbocycles. The second-order valence-corrected chi connectivity index (χ2v) is 4.88. The van der Waals surface area contributed by atoms with Gasteiger partial charge in [-0.2, -0.15) is 0 Å². The Balaban J connectivity index is 2.00. The van der Waals surface area contributed by atoms with Crippen molar-refractivity contribution in [2.45, 2.75) is 0 Å². The molecule has 1 heterocycles. The molecule has 3 rings (SSSR count). The summed E-state index contributed by atoms with van der Waals surface area (Å²) in [5.74, 6) is -0.684. The topological polar surface area (TPSA) is 37.4 Å². The van der Waals surface area contributed by atoms with E-state index >= 15 is 0 Å². The van der Waals surface area contributed by atoms with Gasteiger partial charge in [0.15, 0.2) is 0 Å². The summed E-state index contributed by atoms with van der Waals surface area (Å²) in [6.45, 7) is 3.86. The molecule has 1 aliphatic rings. The highest BCUT2D eigenvalue weighted by atomic mass is 35.5. The Morgan fingerprint density at radius 2 is 1.40 bits per heavy atom. The van der Waals surface area contributed by atoms with Crippen LogP contribution in [0.1, 0.15) is 26.3 Å². The molecule has 98 valence electrons. The van der Waals surface area contributed by atoms with Gasteiger partial charge in [-0.05, 0) is 29.8 Å². The molecule has 0 radical (unpaired) electrons. The zero-order chi connectivity index (χ0) is 14.3. The molecule has 0 saturated carbocycles. The third-order valence-corrected chi connectivity index (χ3v) is 3.49. The molecule has 0 saturated heterocycles. The number of hydrogen-bond acceptors (Lipinski definition) is 2. The molecule has 0 atom stereocenters. The quantitative estimate of drug-likeness (QED) is 0.790. The fourth-order valence-corrected chi connectivity index (χ4v) is 2.33. The summed E-state index contributed by atoms with van der Waals surface area (Å²) < 4.78 is 0. The third-order valence-electron chi connectivity index (χ3n) is 3.24. The van der Waals surface area contributed by atoms with Crippen LogP contribution in [-0.2, 0) is 0 Å². The Labute approximate surface area is 121 Å². The van der Waals surface area contributed by atoms with E-state index in [1.54, 1.807) is 48.5 Å². The molecular weight excluding hydrogens is 274 g/mol. The molecule has 0 unspecified atom stereocenters. The number of imide groups is 1. The molecule has 0 fully saturated rings. The number of nitrogens with zero attached hydrogens (tertiary/aromatic N) is 1. The highest BCUT2D eigenvalue weighted by Crippen LogP contribution is 2.30. The van der Waals surface area contributed by atoms with E-state index in [4.69, 9.17) is 11.6 Å². The minimum Gasteiger partial charge on any atom is -0.268 e. The molecular formula is C16H10ClNO2. The Hall–Kier alpha value is -2.39. The Kier molecular flexibility index (Phi) is 2.92. The van der Waals surface area contributed by atoms with Crippen LogP contribution in [0.25, 0.3) is 5.70 Å². The first-order valence-corrected chi connectivity index (χ1v) is 6.40. The van der Waals surface area contributed by atoms with Crippen LogP contribution >= 0.6 is 11.6 Å². The summed E-state index contributed by atoms with van der Waals surface area (Å²) in [5, 5.41) is 0.587. The Morgan fingerprint density at radius 3 is 1.90 bits per heavy atom. The lowest BCUT2D eigenvalue weighted by molar-refractivity contribution is 0.0736. The van der Waals surface area contributed by atoms with Gasteiger partial charge in [0.1, 0.15) is 0 Å². The maximum atomic E-state index is 12.3. The van der Waals surface area contributed by atoms with Crippen LogP contribution in [0, 0.1) is 0 Å². The van der Waals surface area contributed by atoms with Crippen LogP contribution in [-0.4, -0.2) is 16.7 Å². The summed E-state index contributed by atoms with van der Waals surface area (Å²) in [7, 11) is 0. The van der Waals surface area contributed by atoms with Crippen molar-refractivity contribution in [3.8, 4) is 0 Å². The number of fused-ring (bicyclic) bond motifs is 1. The van der Waals surface area contributed by atoms with Crippen LogP contribution in [0.15, 0.2) is 55.1 Å². The normalized spacial score (nSPS) is 13.6. The van der Waals surface area contributed by atoms with E-state index in [0.29, 0.717) is 27.4 Å². The van der Waals surface area contributed by atoms with Crippen molar-refractivity contribution in [2.75, 3.05) is 0 Å². The highest BCUT2D eigenvalue weighted by molar-refractivity contribution is 6.30. The lowest BCUT2D eigenvalue weighted by Crippen LogP contribution is -2.27. The molecule has 0 bridgehead atoms. The Morgan fingerprint density at radius 1 is 0.900 bits per heavy atom. The van der Waals surface area contributed by atoms with Gasteiger partial charge in [-0.3, -0.25) is 9.59 Å². The standard InChI is InChI=1S/C16H10ClNO2/c1-10(11-6-8-12(17)9-7-11)18-15(19)13-4-2-3-5-14(13)16(18)20/h2-9H,1H2. The molecule has 0 spiro atoms. The van der Waals surface area contributed by atoms with Gasteiger partial charge in [-0.25, -0.2) is 4.90 Å². The number of rotatable bonds is 2. The monoisotopic (exact) mass is 283 g/mol. The fraction of sp³-hybridized carbons (Fsp3) is 0. The maximum Gasteiger partial charge on any atom is 0.266 e. The number of hydrogen-bond donors (Lipinski definition) is 0. The lowest BCUT2D eigenvalue weighted by atomic mass is 10.1. The summed E-state index contributed by atoms with van der Waals surface area (Å²) >= 11 is 5.83. The third kappa shape index (κ3) is 1.84.